The molecule has 0 amide bonds. The molecular formula is C17H16ClN3OS. The van der Waals surface area contributed by atoms with E-state index < -0.39 is 6.23 Å². The van der Waals surface area contributed by atoms with E-state index >= 15 is 0 Å². The van der Waals surface area contributed by atoms with Crippen molar-refractivity contribution in [3.05, 3.63) is 64.4 Å². The van der Waals surface area contributed by atoms with Crippen molar-refractivity contribution in [1.29, 1.82) is 0 Å². The number of hydrogen-bond donors (Lipinski definition) is 2. The predicted molar refractivity (Wildman–Crippen MR) is 94.9 cm³/mol. The summed E-state index contributed by atoms with van der Waals surface area (Å²) in [4.78, 5) is 10.6. The summed E-state index contributed by atoms with van der Waals surface area (Å²) in [6.07, 6.45) is 3.17. The minimum atomic E-state index is -0.700. The van der Waals surface area contributed by atoms with E-state index in [0.717, 1.165) is 16.1 Å². The van der Waals surface area contributed by atoms with Gasteiger partial charge in [-0.05, 0) is 48.9 Å². The number of hydrogen-bond acceptors (Lipinski definition) is 5. The Balaban J connectivity index is 1.65. The molecule has 118 valence electrons. The second kappa shape index (κ2) is 7.08. The summed E-state index contributed by atoms with van der Waals surface area (Å²) in [6.45, 7) is 1.98. The molecule has 0 saturated heterocycles. The number of aliphatic hydroxyl groups is 1. The highest BCUT2D eigenvalue weighted by atomic mass is 35.5. The highest BCUT2D eigenvalue weighted by molar-refractivity contribution is 7.15. The molecule has 0 aromatic carbocycles. The van der Waals surface area contributed by atoms with Gasteiger partial charge in [-0.15, -0.1) is 11.3 Å². The van der Waals surface area contributed by atoms with Gasteiger partial charge in [0.15, 0.2) is 0 Å². The van der Waals surface area contributed by atoms with Crippen molar-refractivity contribution < 1.29 is 5.11 Å². The molecule has 23 heavy (non-hydrogen) atoms. The van der Waals surface area contributed by atoms with Crippen LogP contribution in [0.4, 0.5) is 5.82 Å². The van der Waals surface area contributed by atoms with Gasteiger partial charge in [0.25, 0.3) is 0 Å². The van der Waals surface area contributed by atoms with Crippen LogP contribution in [0.2, 0.25) is 5.02 Å². The zero-order chi connectivity index (χ0) is 16.2. The van der Waals surface area contributed by atoms with Gasteiger partial charge in [0.2, 0.25) is 0 Å². The lowest BCUT2D eigenvalue weighted by molar-refractivity contribution is 0.204. The van der Waals surface area contributed by atoms with Crippen LogP contribution in [0, 0.1) is 6.92 Å². The van der Waals surface area contributed by atoms with Crippen molar-refractivity contribution in [1.82, 2.24) is 9.97 Å². The lowest BCUT2D eigenvalue weighted by Gasteiger charge is -2.12. The fourth-order valence-electron chi connectivity index (χ4n) is 2.22. The molecule has 0 aliphatic heterocycles. The molecule has 6 heteroatoms. The molecule has 0 fully saturated rings. The molecule has 3 aromatic heterocycles. The number of halogens is 1. The van der Waals surface area contributed by atoms with Crippen LogP contribution in [0.25, 0.3) is 10.4 Å². The Kier molecular flexibility index (Phi) is 4.91. The maximum atomic E-state index is 10.2. The minimum Gasteiger partial charge on any atom is -0.373 e. The molecule has 0 aliphatic rings. The Morgan fingerprint density at radius 3 is 2.83 bits per heavy atom. The van der Waals surface area contributed by atoms with Crippen LogP contribution in [0.1, 0.15) is 10.6 Å². The maximum Gasteiger partial charge on any atom is 0.130 e. The first kappa shape index (κ1) is 15.9. The Hall–Kier alpha value is -1.95. The van der Waals surface area contributed by atoms with E-state index in [1.165, 1.54) is 4.88 Å². The second-order valence-electron chi connectivity index (χ2n) is 5.18. The standard InChI is InChI=1S/C17H16ClN3OS/c1-11-8-12(6-7-19-11)15-4-3-14(23-15)9-17(22)21-16-5-2-13(18)10-20-16/h2-8,10,17,22H,9H2,1H3,(H,20,21). The summed E-state index contributed by atoms with van der Waals surface area (Å²) in [5.41, 5.74) is 2.14. The topological polar surface area (TPSA) is 58.0 Å². The molecular weight excluding hydrogens is 330 g/mol. The van der Waals surface area contributed by atoms with Gasteiger partial charge >= 0.3 is 0 Å². The number of nitrogens with one attached hydrogen (secondary N) is 1. The number of rotatable bonds is 5. The average molecular weight is 346 g/mol. The highest BCUT2D eigenvalue weighted by Gasteiger charge is 2.09. The van der Waals surface area contributed by atoms with Crippen LogP contribution < -0.4 is 5.32 Å². The van der Waals surface area contributed by atoms with Gasteiger partial charge in [0, 0.05) is 34.3 Å². The van der Waals surface area contributed by atoms with E-state index in [1.807, 2.05) is 25.3 Å². The predicted octanol–water partition coefficient (Wildman–Crippen LogP) is 4.14. The monoisotopic (exact) mass is 345 g/mol. The molecule has 0 saturated carbocycles. The summed E-state index contributed by atoms with van der Waals surface area (Å²) in [6, 6.07) is 11.6. The highest BCUT2D eigenvalue weighted by Crippen LogP contribution is 2.29. The SMILES string of the molecule is Cc1cc(-c2ccc(CC(O)Nc3ccc(Cl)cn3)s2)ccn1. The fraction of sp³-hybridized carbons (Fsp3) is 0.176. The molecule has 0 spiro atoms. The lowest BCUT2D eigenvalue weighted by Crippen LogP contribution is -2.21. The number of thiophene rings is 1. The third kappa shape index (κ3) is 4.28. The summed E-state index contributed by atoms with van der Waals surface area (Å²) in [5.74, 6) is 0.600. The van der Waals surface area contributed by atoms with Crippen LogP contribution in [0.15, 0.2) is 48.8 Å². The van der Waals surface area contributed by atoms with Gasteiger partial charge in [-0.2, -0.15) is 0 Å². The smallest absolute Gasteiger partial charge is 0.130 e. The Morgan fingerprint density at radius 2 is 2.09 bits per heavy atom. The van der Waals surface area contributed by atoms with Gasteiger partial charge in [0.05, 0.1) is 5.02 Å². The lowest BCUT2D eigenvalue weighted by atomic mass is 10.2. The quantitative estimate of drug-likeness (QED) is 0.682. The molecule has 4 nitrogen and oxygen atoms in total. The zero-order valence-corrected chi connectivity index (χ0v) is 14.1. The largest absolute Gasteiger partial charge is 0.373 e. The molecule has 2 N–H and O–H groups in total. The molecule has 1 unspecified atom stereocenters. The van der Waals surface area contributed by atoms with Gasteiger partial charge in [-0.1, -0.05) is 11.6 Å². The van der Waals surface area contributed by atoms with E-state index in [4.69, 9.17) is 11.6 Å². The van der Waals surface area contributed by atoms with Crippen molar-refractivity contribution in [2.24, 2.45) is 0 Å². The van der Waals surface area contributed by atoms with Crippen molar-refractivity contribution >= 4 is 28.8 Å². The van der Waals surface area contributed by atoms with Crippen molar-refractivity contribution in [3.8, 4) is 10.4 Å². The number of anilines is 1. The summed E-state index contributed by atoms with van der Waals surface area (Å²) >= 11 is 7.46. The molecule has 3 heterocycles. The first-order valence-corrected chi connectivity index (χ1v) is 8.37. The maximum absolute atomic E-state index is 10.2. The summed E-state index contributed by atoms with van der Waals surface area (Å²) in [7, 11) is 0. The van der Waals surface area contributed by atoms with Crippen LogP contribution >= 0.6 is 22.9 Å². The Morgan fingerprint density at radius 1 is 1.22 bits per heavy atom. The molecule has 0 aliphatic carbocycles. The van der Waals surface area contributed by atoms with Crippen LogP contribution in [0.5, 0.6) is 0 Å². The minimum absolute atomic E-state index is 0.513. The van der Waals surface area contributed by atoms with E-state index in [1.54, 1.807) is 29.7 Å². The van der Waals surface area contributed by atoms with Crippen molar-refractivity contribution in [2.45, 2.75) is 19.6 Å². The summed E-state index contributed by atoms with van der Waals surface area (Å²) < 4.78 is 0. The van der Waals surface area contributed by atoms with Gasteiger partial charge in [-0.25, -0.2) is 4.98 Å². The normalized spacial score (nSPS) is 12.1. The van der Waals surface area contributed by atoms with E-state index in [-0.39, 0.29) is 0 Å². The molecule has 3 aromatic rings. The number of aliphatic hydroxyl groups excluding tert-OH is 1. The third-order valence-electron chi connectivity index (χ3n) is 3.28. The first-order valence-electron chi connectivity index (χ1n) is 7.18. The number of aromatic nitrogens is 2. The molecule has 1 atom stereocenters. The van der Waals surface area contributed by atoms with E-state index in [2.05, 4.69) is 27.4 Å². The Bertz CT molecular complexity index is 789. The number of nitrogens with zero attached hydrogens (tertiary/aromatic N) is 2. The van der Waals surface area contributed by atoms with Gasteiger partial charge < -0.3 is 10.4 Å². The van der Waals surface area contributed by atoms with Crippen LogP contribution in [-0.4, -0.2) is 21.3 Å². The van der Waals surface area contributed by atoms with Gasteiger partial charge in [-0.3, -0.25) is 4.98 Å². The molecule has 0 bridgehead atoms. The van der Waals surface area contributed by atoms with E-state index in [0.29, 0.717) is 17.3 Å². The fourth-order valence-corrected chi connectivity index (χ4v) is 3.37. The zero-order valence-electron chi connectivity index (χ0n) is 12.5. The van der Waals surface area contributed by atoms with E-state index in [9.17, 15) is 5.11 Å². The Labute approximate surface area is 143 Å². The van der Waals surface area contributed by atoms with Crippen LogP contribution in [-0.2, 0) is 6.42 Å². The van der Waals surface area contributed by atoms with Gasteiger partial charge in [0.1, 0.15) is 12.0 Å². The van der Waals surface area contributed by atoms with Crippen LogP contribution in [0.3, 0.4) is 0 Å². The average Bonchev–Trinajstić information content (AvgIpc) is 2.98. The van der Waals surface area contributed by atoms with Crippen molar-refractivity contribution in [3.63, 3.8) is 0 Å². The van der Waals surface area contributed by atoms with Crippen molar-refractivity contribution in [2.75, 3.05) is 5.32 Å². The first-order chi connectivity index (χ1) is 11.1. The number of pyridine rings is 2. The second-order valence-corrected chi connectivity index (χ2v) is 6.78. The summed E-state index contributed by atoms with van der Waals surface area (Å²) in [5, 5.41) is 13.7. The molecule has 0 radical (unpaired) electrons. The molecule has 3 rings (SSSR count). The number of aryl methyl sites for hydroxylation is 1. The third-order valence-corrected chi connectivity index (χ3v) is 4.66.